The van der Waals surface area contributed by atoms with E-state index in [0.717, 1.165) is 43.9 Å². The fourth-order valence-corrected chi connectivity index (χ4v) is 5.02. The summed E-state index contributed by atoms with van der Waals surface area (Å²) in [4.78, 5) is 41.6. The number of piperidine rings is 2. The molecule has 2 amide bonds. The number of nitrogens with zero attached hydrogens (tertiary/aromatic N) is 5. The second kappa shape index (κ2) is 10.9. The predicted molar refractivity (Wildman–Crippen MR) is 149 cm³/mol. The zero-order valence-corrected chi connectivity index (χ0v) is 21.4. The number of pyridine rings is 3. The van der Waals surface area contributed by atoms with E-state index in [1.807, 2.05) is 24.3 Å². The number of rotatable bonds is 7. The Kier molecular flexibility index (Phi) is 7.25. The van der Waals surface area contributed by atoms with Crippen LogP contribution in [-0.2, 0) is 4.79 Å². The highest BCUT2D eigenvalue weighted by atomic mass is 16.2. The quantitative estimate of drug-likeness (QED) is 0.371. The molecular formula is C27H33N9O2. The number of hydrogen-bond donors (Lipinski definition) is 4. The molecule has 3 aromatic heterocycles. The third-order valence-corrected chi connectivity index (χ3v) is 7.15. The van der Waals surface area contributed by atoms with E-state index in [-0.39, 0.29) is 17.9 Å². The average molecular weight is 516 g/mol. The zero-order chi connectivity index (χ0) is 26.6. The van der Waals surface area contributed by atoms with Gasteiger partial charge in [0.15, 0.2) is 0 Å². The highest BCUT2D eigenvalue weighted by Crippen LogP contribution is 2.28. The van der Waals surface area contributed by atoms with Crippen LogP contribution in [-0.4, -0.2) is 52.4 Å². The molecule has 6 N–H and O–H groups in total. The molecule has 11 nitrogen and oxygen atoms in total. The maximum Gasteiger partial charge on any atom is 0.252 e. The number of hydrogen-bond acceptors (Lipinski definition) is 9. The summed E-state index contributed by atoms with van der Waals surface area (Å²) in [6.07, 6.45) is 8.19. The van der Waals surface area contributed by atoms with E-state index in [1.54, 1.807) is 23.4 Å². The van der Waals surface area contributed by atoms with Crippen LogP contribution in [0.4, 0.5) is 34.5 Å². The minimum Gasteiger partial charge on any atom is -0.397 e. The highest BCUT2D eigenvalue weighted by Gasteiger charge is 2.28. The normalized spacial score (nSPS) is 19.8. The topological polar surface area (TPSA) is 155 Å². The van der Waals surface area contributed by atoms with Crippen molar-refractivity contribution < 1.29 is 9.59 Å². The molecule has 2 aliphatic heterocycles. The van der Waals surface area contributed by atoms with Gasteiger partial charge in [-0.2, -0.15) is 0 Å². The molecule has 0 unspecified atom stereocenters. The lowest BCUT2D eigenvalue weighted by atomic mass is 9.93. The Balaban J connectivity index is 1.27. The third kappa shape index (κ3) is 5.61. The van der Waals surface area contributed by atoms with E-state index < -0.39 is 5.91 Å². The molecule has 11 heteroatoms. The van der Waals surface area contributed by atoms with E-state index in [9.17, 15) is 9.59 Å². The van der Waals surface area contributed by atoms with E-state index in [0.29, 0.717) is 41.5 Å². The van der Waals surface area contributed by atoms with E-state index in [4.69, 9.17) is 11.5 Å². The lowest BCUT2D eigenvalue weighted by Gasteiger charge is -2.38. The Morgan fingerprint density at radius 1 is 1.03 bits per heavy atom. The Morgan fingerprint density at radius 3 is 2.55 bits per heavy atom. The minimum atomic E-state index is -0.545. The first-order valence-electron chi connectivity index (χ1n) is 12.9. The first-order chi connectivity index (χ1) is 18.4. The molecule has 5 rings (SSSR count). The van der Waals surface area contributed by atoms with Gasteiger partial charge >= 0.3 is 0 Å². The number of primary amides is 1. The van der Waals surface area contributed by atoms with Gasteiger partial charge in [-0.15, -0.1) is 0 Å². The number of nitrogens with one attached hydrogen (secondary N) is 2. The van der Waals surface area contributed by atoms with Crippen molar-refractivity contribution in [2.24, 2.45) is 11.7 Å². The molecule has 38 heavy (non-hydrogen) atoms. The second-order valence-electron chi connectivity index (χ2n) is 9.92. The first kappa shape index (κ1) is 25.2. The molecule has 0 aromatic carbocycles. The first-order valence-corrected chi connectivity index (χ1v) is 12.9. The van der Waals surface area contributed by atoms with Crippen LogP contribution in [0.3, 0.4) is 0 Å². The van der Waals surface area contributed by atoms with Crippen molar-refractivity contribution in [3.05, 3.63) is 54.5 Å². The Hall–Kier alpha value is -4.41. The van der Waals surface area contributed by atoms with Crippen molar-refractivity contribution in [1.82, 2.24) is 15.0 Å². The molecule has 3 aromatic rings. The van der Waals surface area contributed by atoms with Crippen molar-refractivity contribution in [2.75, 3.05) is 45.8 Å². The minimum absolute atomic E-state index is 0.128. The van der Waals surface area contributed by atoms with Gasteiger partial charge in [0.2, 0.25) is 5.91 Å². The van der Waals surface area contributed by atoms with Gasteiger partial charge in [-0.05, 0) is 49.4 Å². The fraction of sp³-hybridized carbons (Fsp3) is 0.370. The van der Waals surface area contributed by atoms with Crippen LogP contribution < -0.4 is 31.9 Å². The van der Waals surface area contributed by atoms with Crippen LogP contribution in [0.1, 0.15) is 43.0 Å². The van der Waals surface area contributed by atoms with E-state index in [1.165, 1.54) is 6.20 Å². The molecule has 0 spiro atoms. The summed E-state index contributed by atoms with van der Waals surface area (Å²) >= 11 is 0. The number of nitrogen functional groups attached to an aromatic ring is 1. The van der Waals surface area contributed by atoms with Gasteiger partial charge in [-0.1, -0.05) is 6.92 Å². The SMILES string of the molecule is C[C@H]1CN(c2ccc(N)cn2)CC[C@H]1Nc1cc(Nc2ccc(N3CCCCC3=O)cn2)ncc1C(N)=O. The third-order valence-electron chi connectivity index (χ3n) is 7.15. The summed E-state index contributed by atoms with van der Waals surface area (Å²) in [6, 6.07) is 9.40. The van der Waals surface area contributed by atoms with Gasteiger partial charge < -0.3 is 31.9 Å². The van der Waals surface area contributed by atoms with Gasteiger partial charge in [-0.25, -0.2) is 15.0 Å². The molecule has 0 bridgehead atoms. The zero-order valence-electron chi connectivity index (χ0n) is 21.4. The van der Waals surface area contributed by atoms with Crippen LogP contribution in [0.5, 0.6) is 0 Å². The Labute approximate surface area is 221 Å². The van der Waals surface area contributed by atoms with Crippen LogP contribution in [0.25, 0.3) is 0 Å². The standard InChI is InChI=1S/C27H33N9O2/c1-17-16-35(25-8-5-18(28)13-32-25)11-9-21(17)33-22-12-24(31-15-20(22)27(29)38)34-23-7-6-19(14-30-23)36-10-3-2-4-26(36)37/h5-8,12-15,17,21H,2-4,9-11,16,28H2,1H3,(H2,29,38)(H2,30,31,33,34)/t17-,21+/m0/s1. The van der Waals surface area contributed by atoms with E-state index >= 15 is 0 Å². The number of aromatic nitrogens is 3. The average Bonchev–Trinajstić information content (AvgIpc) is 2.91. The maximum absolute atomic E-state index is 12.2. The number of anilines is 6. The van der Waals surface area contributed by atoms with Crippen molar-refractivity contribution in [1.29, 1.82) is 0 Å². The number of carbonyl (C=O) groups excluding carboxylic acids is 2. The lowest BCUT2D eigenvalue weighted by Crippen LogP contribution is -2.45. The molecule has 0 saturated carbocycles. The molecular weight excluding hydrogens is 482 g/mol. The van der Waals surface area contributed by atoms with Crippen LogP contribution in [0, 0.1) is 5.92 Å². The summed E-state index contributed by atoms with van der Waals surface area (Å²) in [5.74, 6) is 1.88. The summed E-state index contributed by atoms with van der Waals surface area (Å²) in [5, 5.41) is 6.72. The molecule has 2 fully saturated rings. The smallest absolute Gasteiger partial charge is 0.252 e. The van der Waals surface area contributed by atoms with Crippen LogP contribution in [0.15, 0.2) is 48.9 Å². The summed E-state index contributed by atoms with van der Waals surface area (Å²) in [6.45, 7) is 4.51. The fourth-order valence-electron chi connectivity index (χ4n) is 5.02. The van der Waals surface area contributed by atoms with Crippen LogP contribution in [0.2, 0.25) is 0 Å². The maximum atomic E-state index is 12.2. The Bertz CT molecular complexity index is 1300. The van der Waals surface area contributed by atoms with Crippen molar-refractivity contribution in [2.45, 2.75) is 38.6 Å². The molecule has 5 heterocycles. The van der Waals surface area contributed by atoms with Crippen molar-refractivity contribution in [3.8, 4) is 0 Å². The number of amides is 2. The van der Waals surface area contributed by atoms with Gasteiger partial charge in [0.05, 0.1) is 35.0 Å². The highest BCUT2D eigenvalue weighted by molar-refractivity contribution is 5.98. The Morgan fingerprint density at radius 2 is 1.87 bits per heavy atom. The van der Waals surface area contributed by atoms with Crippen LogP contribution >= 0.6 is 0 Å². The molecule has 0 radical (unpaired) electrons. The molecule has 2 atom stereocenters. The van der Waals surface area contributed by atoms with Crippen molar-refractivity contribution in [3.63, 3.8) is 0 Å². The number of carbonyl (C=O) groups is 2. The summed E-state index contributed by atoms with van der Waals surface area (Å²) in [7, 11) is 0. The van der Waals surface area contributed by atoms with Gasteiger partial charge in [-0.3, -0.25) is 9.59 Å². The second-order valence-corrected chi connectivity index (χ2v) is 9.92. The largest absolute Gasteiger partial charge is 0.397 e. The van der Waals surface area contributed by atoms with E-state index in [2.05, 4.69) is 37.4 Å². The molecule has 0 aliphatic carbocycles. The molecule has 2 aliphatic rings. The van der Waals surface area contributed by atoms with Gasteiger partial charge in [0.1, 0.15) is 17.5 Å². The molecule has 198 valence electrons. The van der Waals surface area contributed by atoms with Gasteiger partial charge in [0, 0.05) is 44.4 Å². The summed E-state index contributed by atoms with van der Waals surface area (Å²) < 4.78 is 0. The summed E-state index contributed by atoms with van der Waals surface area (Å²) in [5.41, 5.74) is 13.8. The van der Waals surface area contributed by atoms with Gasteiger partial charge in [0.25, 0.3) is 5.91 Å². The van der Waals surface area contributed by atoms with Crippen molar-refractivity contribution >= 4 is 46.3 Å². The lowest BCUT2D eigenvalue weighted by molar-refractivity contribution is -0.119. The predicted octanol–water partition coefficient (Wildman–Crippen LogP) is 3.14. The number of nitrogens with two attached hydrogens (primary N) is 2. The molecule has 2 saturated heterocycles. The monoisotopic (exact) mass is 515 g/mol.